The normalized spacial score (nSPS) is 22.1. The summed E-state index contributed by atoms with van der Waals surface area (Å²) in [4.78, 5) is 0.972. The summed E-state index contributed by atoms with van der Waals surface area (Å²) in [6.45, 7) is 5.82. The Morgan fingerprint density at radius 2 is 2.18 bits per heavy atom. The van der Waals surface area contributed by atoms with E-state index in [9.17, 15) is 4.39 Å². The molecule has 0 saturated carbocycles. The Labute approximate surface area is 106 Å². The first-order chi connectivity index (χ1) is 8.12. The standard InChI is InChI=1S/C11H13FN2S.C2H6/c1-2-11(12)5-3-4-8-9(11)7(6-13)10(14)15-8;1-2/h2-5,14H2,1H3;1-2H3. The summed E-state index contributed by atoms with van der Waals surface area (Å²) in [5.41, 5.74) is 5.37. The maximum atomic E-state index is 14.6. The average Bonchev–Trinajstić information content (AvgIpc) is 2.69. The SMILES string of the molecule is CC.CCC1(F)CCCc2sc(N)c(C#N)c21. The van der Waals surface area contributed by atoms with Crippen LogP contribution in [0.2, 0.25) is 0 Å². The summed E-state index contributed by atoms with van der Waals surface area (Å²) < 4.78 is 14.6. The van der Waals surface area contributed by atoms with Crippen molar-refractivity contribution in [2.24, 2.45) is 0 Å². The van der Waals surface area contributed by atoms with Gasteiger partial charge in [0, 0.05) is 10.4 Å². The van der Waals surface area contributed by atoms with Crippen molar-refractivity contribution in [3.63, 3.8) is 0 Å². The molecule has 0 radical (unpaired) electrons. The second-order valence-corrected chi connectivity index (χ2v) is 5.06. The van der Waals surface area contributed by atoms with E-state index in [0.29, 0.717) is 29.0 Å². The monoisotopic (exact) mass is 254 g/mol. The molecule has 1 aliphatic carbocycles. The first-order valence-electron chi connectivity index (χ1n) is 6.13. The van der Waals surface area contributed by atoms with Crippen LogP contribution in [0.1, 0.15) is 56.0 Å². The van der Waals surface area contributed by atoms with Gasteiger partial charge in [-0.3, -0.25) is 0 Å². The summed E-state index contributed by atoms with van der Waals surface area (Å²) in [5.74, 6) is 0. The lowest BCUT2D eigenvalue weighted by Crippen LogP contribution is -2.24. The third-order valence-electron chi connectivity index (χ3n) is 3.11. The molecule has 2 N–H and O–H groups in total. The smallest absolute Gasteiger partial charge is 0.138 e. The molecule has 0 fully saturated rings. The van der Waals surface area contributed by atoms with Crippen molar-refractivity contribution < 1.29 is 4.39 Å². The highest BCUT2D eigenvalue weighted by molar-refractivity contribution is 7.16. The van der Waals surface area contributed by atoms with Gasteiger partial charge < -0.3 is 5.73 Å². The molecule has 0 aromatic carbocycles. The summed E-state index contributed by atoms with van der Waals surface area (Å²) in [7, 11) is 0. The fourth-order valence-corrected chi connectivity index (χ4v) is 3.41. The van der Waals surface area contributed by atoms with Crippen LogP contribution in [0.25, 0.3) is 0 Å². The van der Waals surface area contributed by atoms with Crippen molar-refractivity contribution in [1.29, 1.82) is 5.26 Å². The molecular formula is C13H19FN2S. The van der Waals surface area contributed by atoms with Gasteiger partial charge >= 0.3 is 0 Å². The van der Waals surface area contributed by atoms with Gasteiger partial charge in [-0.25, -0.2) is 4.39 Å². The Hall–Kier alpha value is -1.08. The zero-order chi connectivity index (χ0) is 13.1. The van der Waals surface area contributed by atoms with E-state index in [1.807, 2.05) is 26.8 Å². The van der Waals surface area contributed by atoms with Crippen LogP contribution in [-0.2, 0) is 12.1 Å². The van der Waals surface area contributed by atoms with Crippen molar-refractivity contribution in [3.8, 4) is 6.07 Å². The molecule has 1 aliphatic rings. The number of nitrogens with two attached hydrogens (primary N) is 1. The molecular weight excluding hydrogens is 235 g/mol. The van der Waals surface area contributed by atoms with Crippen LogP contribution in [0.5, 0.6) is 0 Å². The van der Waals surface area contributed by atoms with Gasteiger partial charge in [-0.05, 0) is 25.7 Å². The molecule has 0 bridgehead atoms. The number of nitrogen functional groups attached to an aromatic ring is 1. The van der Waals surface area contributed by atoms with Gasteiger partial charge in [-0.2, -0.15) is 5.26 Å². The molecule has 0 spiro atoms. The number of aryl methyl sites for hydroxylation is 1. The topological polar surface area (TPSA) is 49.8 Å². The van der Waals surface area contributed by atoms with E-state index in [-0.39, 0.29) is 0 Å². The zero-order valence-corrected chi connectivity index (χ0v) is 11.5. The van der Waals surface area contributed by atoms with E-state index in [4.69, 9.17) is 11.0 Å². The number of nitrogens with zero attached hydrogens (tertiary/aromatic N) is 1. The van der Waals surface area contributed by atoms with Crippen molar-refractivity contribution in [2.45, 2.75) is 52.1 Å². The van der Waals surface area contributed by atoms with Crippen molar-refractivity contribution >= 4 is 16.3 Å². The first-order valence-corrected chi connectivity index (χ1v) is 6.94. The minimum absolute atomic E-state index is 0.374. The van der Waals surface area contributed by atoms with Gasteiger partial charge in [0.15, 0.2) is 0 Å². The molecule has 0 aliphatic heterocycles. The molecule has 94 valence electrons. The zero-order valence-electron chi connectivity index (χ0n) is 10.6. The molecule has 0 saturated heterocycles. The molecule has 1 aromatic rings. The fraction of sp³-hybridized carbons (Fsp3) is 0.615. The maximum absolute atomic E-state index is 14.6. The Kier molecular flexibility index (Phi) is 4.53. The Morgan fingerprint density at radius 3 is 2.71 bits per heavy atom. The minimum Gasteiger partial charge on any atom is -0.389 e. The van der Waals surface area contributed by atoms with E-state index in [1.54, 1.807) is 0 Å². The van der Waals surface area contributed by atoms with Gasteiger partial charge in [0.1, 0.15) is 16.7 Å². The lowest BCUT2D eigenvalue weighted by Gasteiger charge is -2.29. The lowest BCUT2D eigenvalue weighted by molar-refractivity contribution is 0.131. The summed E-state index contributed by atoms with van der Waals surface area (Å²) in [6, 6.07) is 2.04. The molecule has 1 heterocycles. The molecule has 1 aromatic heterocycles. The Bertz CT molecular complexity index is 433. The van der Waals surface area contributed by atoms with Gasteiger partial charge in [0.05, 0.1) is 5.56 Å². The van der Waals surface area contributed by atoms with E-state index in [2.05, 4.69) is 0 Å². The van der Waals surface area contributed by atoms with Crippen LogP contribution in [0.4, 0.5) is 9.39 Å². The number of hydrogen-bond acceptors (Lipinski definition) is 3. The van der Waals surface area contributed by atoms with Crippen LogP contribution in [0.15, 0.2) is 0 Å². The molecule has 1 atom stereocenters. The lowest BCUT2D eigenvalue weighted by atomic mass is 9.81. The summed E-state index contributed by atoms with van der Waals surface area (Å²) in [5, 5.41) is 9.47. The predicted molar refractivity (Wildman–Crippen MR) is 70.8 cm³/mol. The van der Waals surface area contributed by atoms with E-state index in [1.165, 1.54) is 11.3 Å². The van der Waals surface area contributed by atoms with Gasteiger partial charge in [-0.15, -0.1) is 11.3 Å². The predicted octanol–water partition coefficient (Wildman–Crippen LogP) is 4.14. The Morgan fingerprint density at radius 1 is 1.53 bits per heavy atom. The molecule has 0 amide bonds. The summed E-state index contributed by atoms with van der Waals surface area (Å²) >= 11 is 1.37. The van der Waals surface area contributed by atoms with E-state index in [0.717, 1.165) is 17.7 Å². The second-order valence-electron chi connectivity index (χ2n) is 3.92. The molecule has 17 heavy (non-hydrogen) atoms. The van der Waals surface area contributed by atoms with Crippen LogP contribution in [0, 0.1) is 11.3 Å². The van der Waals surface area contributed by atoms with Crippen molar-refractivity contribution in [3.05, 3.63) is 16.0 Å². The maximum Gasteiger partial charge on any atom is 0.138 e. The van der Waals surface area contributed by atoms with Crippen molar-refractivity contribution in [1.82, 2.24) is 0 Å². The van der Waals surface area contributed by atoms with Crippen LogP contribution in [0.3, 0.4) is 0 Å². The molecule has 2 rings (SSSR count). The highest BCUT2D eigenvalue weighted by Gasteiger charge is 2.39. The third-order valence-corrected chi connectivity index (χ3v) is 4.18. The van der Waals surface area contributed by atoms with Gasteiger partial charge in [0.2, 0.25) is 0 Å². The number of nitriles is 1. The summed E-state index contributed by atoms with van der Waals surface area (Å²) in [6.07, 6.45) is 2.64. The fourth-order valence-electron chi connectivity index (χ4n) is 2.27. The minimum atomic E-state index is -1.33. The number of rotatable bonds is 1. The quantitative estimate of drug-likeness (QED) is 0.818. The number of thiophene rings is 1. The molecule has 4 heteroatoms. The number of fused-ring (bicyclic) bond motifs is 1. The molecule has 2 nitrogen and oxygen atoms in total. The average molecular weight is 254 g/mol. The van der Waals surface area contributed by atoms with Crippen LogP contribution >= 0.6 is 11.3 Å². The highest BCUT2D eigenvalue weighted by atomic mass is 32.1. The van der Waals surface area contributed by atoms with Gasteiger partial charge in [0.25, 0.3) is 0 Å². The largest absolute Gasteiger partial charge is 0.389 e. The number of hydrogen-bond donors (Lipinski definition) is 1. The number of halogens is 1. The first kappa shape index (κ1) is 14.0. The highest BCUT2D eigenvalue weighted by Crippen LogP contribution is 2.47. The van der Waals surface area contributed by atoms with Crippen molar-refractivity contribution in [2.75, 3.05) is 5.73 Å². The van der Waals surface area contributed by atoms with E-state index < -0.39 is 5.67 Å². The second kappa shape index (κ2) is 5.50. The number of alkyl halides is 1. The third kappa shape index (κ3) is 2.30. The van der Waals surface area contributed by atoms with Crippen LogP contribution < -0.4 is 5.73 Å². The number of anilines is 1. The molecule has 1 unspecified atom stereocenters. The van der Waals surface area contributed by atoms with Crippen LogP contribution in [-0.4, -0.2) is 0 Å². The van der Waals surface area contributed by atoms with E-state index >= 15 is 0 Å². The van der Waals surface area contributed by atoms with Gasteiger partial charge in [-0.1, -0.05) is 20.8 Å². The Balaban J connectivity index is 0.000000686.